The first-order valence-electron chi connectivity index (χ1n) is 7.13. The molecule has 0 aliphatic carbocycles. The molecule has 0 aliphatic rings. The van der Waals surface area contributed by atoms with Crippen LogP contribution in [0.1, 0.15) is 6.92 Å². The Hall–Kier alpha value is -2.86. The van der Waals surface area contributed by atoms with E-state index in [0.29, 0.717) is 5.11 Å². The lowest BCUT2D eigenvalue weighted by Crippen LogP contribution is -2.19. The van der Waals surface area contributed by atoms with Crippen LogP contribution in [-0.4, -0.2) is 16.0 Å². The highest BCUT2D eigenvalue weighted by molar-refractivity contribution is 7.80. The molecule has 0 radical (unpaired) electrons. The van der Waals surface area contributed by atoms with Crippen LogP contribution in [-0.2, 0) is 4.79 Å². The maximum atomic E-state index is 11.0. The third kappa shape index (κ3) is 3.87. The Bertz CT molecular complexity index is 854. The van der Waals surface area contributed by atoms with Gasteiger partial charge in [0.15, 0.2) is 5.11 Å². The lowest BCUT2D eigenvalue weighted by molar-refractivity contribution is -0.114. The Morgan fingerprint density at radius 2 is 1.52 bits per heavy atom. The Morgan fingerprint density at radius 3 is 2.22 bits per heavy atom. The molecule has 0 fully saturated rings. The van der Waals surface area contributed by atoms with Gasteiger partial charge in [-0.15, -0.1) is 0 Å². The van der Waals surface area contributed by atoms with Crippen LogP contribution in [0.5, 0.6) is 0 Å². The highest BCUT2D eigenvalue weighted by atomic mass is 32.1. The van der Waals surface area contributed by atoms with Gasteiger partial charge < -0.3 is 20.9 Å². The molecule has 0 saturated carbocycles. The number of benzene rings is 2. The fraction of sp³-hybridized carbons (Fsp3) is 0.0588. The van der Waals surface area contributed by atoms with Crippen LogP contribution in [0, 0.1) is 0 Å². The van der Waals surface area contributed by atoms with Gasteiger partial charge in [-0.2, -0.15) is 0 Å². The number of rotatable bonds is 3. The molecule has 1 amide bonds. The van der Waals surface area contributed by atoms with Crippen molar-refractivity contribution in [3.8, 4) is 0 Å². The Kier molecular flexibility index (Phi) is 4.25. The van der Waals surface area contributed by atoms with Crippen LogP contribution < -0.4 is 16.0 Å². The summed E-state index contributed by atoms with van der Waals surface area (Å²) in [5.41, 5.74) is 3.60. The standard InChI is InChI=1S/C17H16N4OS/c1-11(22)19-13-2-4-14(5-3-13)20-17(23)21-15-6-7-16-12(10-15)8-9-18-16/h2-10,18H,1H3,(H,19,22)(H2,20,21,23). The number of aromatic nitrogens is 1. The van der Waals surface area contributed by atoms with Crippen molar-refractivity contribution in [3.05, 3.63) is 54.7 Å². The summed E-state index contributed by atoms with van der Waals surface area (Å²) in [5.74, 6) is -0.0944. The molecule has 0 unspecified atom stereocenters. The van der Waals surface area contributed by atoms with Crippen molar-refractivity contribution in [1.29, 1.82) is 0 Å². The van der Waals surface area contributed by atoms with E-state index in [1.165, 1.54) is 6.92 Å². The van der Waals surface area contributed by atoms with Crippen molar-refractivity contribution in [2.75, 3.05) is 16.0 Å². The molecule has 2 aromatic carbocycles. The minimum atomic E-state index is -0.0944. The van der Waals surface area contributed by atoms with Crippen molar-refractivity contribution in [2.24, 2.45) is 0 Å². The van der Waals surface area contributed by atoms with Gasteiger partial charge in [-0.25, -0.2) is 0 Å². The van der Waals surface area contributed by atoms with E-state index in [9.17, 15) is 4.79 Å². The number of fused-ring (bicyclic) bond motifs is 1. The van der Waals surface area contributed by atoms with Crippen LogP contribution in [0.25, 0.3) is 10.9 Å². The van der Waals surface area contributed by atoms with Crippen LogP contribution in [0.4, 0.5) is 17.1 Å². The van der Waals surface area contributed by atoms with Gasteiger partial charge in [0.2, 0.25) is 5.91 Å². The molecule has 0 atom stereocenters. The lowest BCUT2D eigenvalue weighted by atomic mass is 10.2. The fourth-order valence-corrected chi connectivity index (χ4v) is 2.50. The quantitative estimate of drug-likeness (QED) is 0.551. The second kappa shape index (κ2) is 6.50. The molecule has 3 aromatic rings. The van der Waals surface area contributed by atoms with Crippen molar-refractivity contribution < 1.29 is 4.79 Å². The zero-order valence-corrected chi connectivity index (χ0v) is 13.3. The summed E-state index contributed by atoms with van der Waals surface area (Å²) < 4.78 is 0. The number of anilines is 3. The highest BCUT2D eigenvalue weighted by Crippen LogP contribution is 2.18. The van der Waals surface area contributed by atoms with Crippen molar-refractivity contribution in [2.45, 2.75) is 6.92 Å². The minimum Gasteiger partial charge on any atom is -0.361 e. The van der Waals surface area contributed by atoms with Crippen molar-refractivity contribution >= 4 is 51.2 Å². The van der Waals surface area contributed by atoms with Crippen LogP contribution >= 0.6 is 12.2 Å². The molecule has 0 bridgehead atoms. The van der Waals surface area contributed by atoms with E-state index in [0.717, 1.165) is 28.0 Å². The normalized spacial score (nSPS) is 10.3. The van der Waals surface area contributed by atoms with Gasteiger partial charge in [0.05, 0.1) is 0 Å². The van der Waals surface area contributed by atoms with Crippen LogP contribution in [0.3, 0.4) is 0 Å². The summed E-state index contributed by atoms with van der Waals surface area (Å²) in [7, 11) is 0. The molecule has 0 saturated heterocycles. The Labute approximate surface area is 139 Å². The summed E-state index contributed by atoms with van der Waals surface area (Å²) in [6.45, 7) is 1.48. The first-order valence-corrected chi connectivity index (χ1v) is 7.54. The fourth-order valence-electron chi connectivity index (χ4n) is 2.26. The molecule has 116 valence electrons. The van der Waals surface area contributed by atoms with Gasteiger partial charge >= 0.3 is 0 Å². The minimum absolute atomic E-state index is 0.0944. The molecule has 4 N–H and O–H groups in total. The maximum Gasteiger partial charge on any atom is 0.221 e. The number of hydrogen-bond acceptors (Lipinski definition) is 2. The van der Waals surface area contributed by atoms with Gasteiger partial charge in [-0.1, -0.05) is 0 Å². The van der Waals surface area contributed by atoms with Gasteiger partial charge in [-0.05, 0) is 60.7 Å². The third-order valence-corrected chi connectivity index (χ3v) is 3.48. The molecule has 23 heavy (non-hydrogen) atoms. The molecule has 6 heteroatoms. The molecule has 3 rings (SSSR count). The molecular formula is C17H16N4OS. The van der Waals surface area contributed by atoms with E-state index < -0.39 is 0 Å². The first-order chi connectivity index (χ1) is 11.1. The predicted octanol–water partition coefficient (Wildman–Crippen LogP) is 3.94. The zero-order valence-electron chi connectivity index (χ0n) is 12.5. The number of aromatic amines is 1. The molecular weight excluding hydrogens is 308 g/mol. The summed E-state index contributed by atoms with van der Waals surface area (Å²) >= 11 is 5.32. The molecule has 0 aliphatic heterocycles. The number of hydrogen-bond donors (Lipinski definition) is 4. The summed E-state index contributed by atoms with van der Waals surface area (Å²) in [6, 6.07) is 15.4. The first kappa shape index (κ1) is 15.1. The summed E-state index contributed by atoms with van der Waals surface area (Å²) in [6.07, 6.45) is 1.90. The molecule has 0 spiro atoms. The highest BCUT2D eigenvalue weighted by Gasteiger charge is 2.02. The largest absolute Gasteiger partial charge is 0.361 e. The van der Waals surface area contributed by atoms with Crippen molar-refractivity contribution in [3.63, 3.8) is 0 Å². The molecule has 1 heterocycles. The second-order valence-corrected chi connectivity index (χ2v) is 5.53. The number of carbonyl (C=O) groups is 1. The lowest BCUT2D eigenvalue weighted by Gasteiger charge is -2.11. The number of H-pyrrole nitrogens is 1. The Balaban J connectivity index is 1.63. The van der Waals surface area contributed by atoms with E-state index in [1.807, 2.05) is 54.7 Å². The van der Waals surface area contributed by atoms with Gasteiger partial charge in [0.1, 0.15) is 0 Å². The van der Waals surface area contributed by atoms with E-state index in [-0.39, 0.29) is 5.91 Å². The monoisotopic (exact) mass is 324 g/mol. The van der Waals surface area contributed by atoms with E-state index >= 15 is 0 Å². The summed E-state index contributed by atoms with van der Waals surface area (Å²) in [5, 5.41) is 10.6. The maximum absolute atomic E-state index is 11.0. The second-order valence-electron chi connectivity index (χ2n) is 5.12. The van der Waals surface area contributed by atoms with Crippen LogP contribution in [0.2, 0.25) is 0 Å². The van der Waals surface area contributed by atoms with Gasteiger partial charge in [0, 0.05) is 41.1 Å². The molecule has 5 nitrogen and oxygen atoms in total. The van der Waals surface area contributed by atoms with Gasteiger partial charge in [0.25, 0.3) is 0 Å². The van der Waals surface area contributed by atoms with Crippen molar-refractivity contribution in [1.82, 2.24) is 4.98 Å². The number of nitrogens with one attached hydrogen (secondary N) is 4. The SMILES string of the molecule is CC(=O)Nc1ccc(NC(=S)Nc2ccc3[nH]ccc3c2)cc1. The zero-order chi connectivity index (χ0) is 16.2. The Morgan fingerprint density at radius 1 is 0.913 bits per heavy atom. The van der Waals surface area contributed by atoms with E-state index in [2.05, 4.69) is 20.9 Å². The topological polar surface area (TPSA) is 69.0 Å². The summed E-state index contributed by atoms with van der Waals surface area (Å²) in [4.78, 5) is 14.1. The average molecular weight is 324 g/mol. The average Bonchev–Trinajstić information content (AvgIpc) is 2.96. The third-order valence-electron chi connectivity index (χ3n) is 3.27. The van der Waals surface area contributed by atoms with E-state index in [1.54, 1.807) is 0 Å². The smallest absolute Gasteiger partial charge is 0.221 e. The molecule has 1 aromatic heterocycles. The van der Waals surface area contributed by atoms with Gasteiger partial charge in [-0.3, -0.25) is 4.79 Å². The number of amides is 1. The number of carbonyl (C=O) groups excluding carboxylic acids is 1. The predicted molar refractivity (Wildman–Crippen MR) is 98.9 cm³/mol. The van der Waals surface area contributed by atoms with Crippen LogP contribution in [0.15, 0.2) is 54.7 Å². The van der Waals surface area contributed by atoms with E-state index in [4.69, 9.17) is 12.2 Å². The number of thiocarbonyl (C=S) groups is 1.